The lowest BCUT2D eigenvalue weighted by atomic mass is 10.1. The van der Waals surface area contributed by atoms with Crippen molar-refractivity contribution < 1.29 is 9.26 Å². The molecule has 0 aliphatic rings. The van der Waals surface area contributed by atoms with Gasteiger partial charge in [0, 0.05) is 11.6 Å². The maximum absolute atomic E-state index is 6.04. The van der Waals surface area contributed by atoms with Crippen LogP contribution in [0.25, 0.3) is 11.3 Å². The molecule has 0 spiro atoms. The molecule has 2 N–H and O–H groups in total. The van der Waals surface area contributed by atoms with Gasteiger partial charge in [-0.2, -0.15) is 0 Å². The van der Waals surface area contributed by atoms with E-state index in [1.54, 1.807) is 19.2 Å². The van der Waals surface area contributed by atoms with Crippen LogP contribution < -0.4 is 10.5 Å². The van der Waals surface area contributed by atoms with Gasteiger partial charge in [0.25, 0.3) is 0 Å². The van der Waals surface area contributed by atoms with Gasteiger partial charge in [0.1, 0.15) is 11.4 Å². The summed E-state index contributed by atoms with van der Waals surface area (Å²) in [4.78, 5) is 0. The minimum Gasteiger partial charge on any atom is -0.495 e. The minimum absolute atomic E-state index is 0.279. The smallest absolute Gasteiger partial charge is 0.222 e. The number of rotatable bonds is 2. The first-order chi connectivity index (χ1) is 7.61. The number of hydrogen-bond donors (Lipinski definition) is 1. The van der Waals surface area contributed by atoms with Crippen LogP contribution in [-0.4, -0.2) is 12.3 Å². The summed E-state index contributed by atoms with van der Waals surface area (Å²) in [5.74, 6) is 0.917. The van der Waals surface area contributed by atoms with Crippen molar-refractivity contribution in [2.24, 2.45) is 0 Å². The van der Waals surface area contributed by atoms with Crippen LogP contribution in [0.3, 0.4) is 0 Å². The molecular weight excluding hydrogens is 228 g/mol. The average Bonchev–Trinajstić information content (AvgIpc) is 2.67. The second kappa shape index (κ2) is 4.06. The molecule has 1 heterocycles. The van der Waals surface area contributed by atoms with Gasteiger partial charge in [-0.05, 0) is 24.6 Å². The number of hydrogen-bond acceptors (Lipinski definition) is 4. The predicted octanol–water partition coefficient (Wildman–Crippen LogP) is 2.89. The lowest BCUT2D eigenvalue weighted by Crippen LogP contribution is -1.89. The summed E-state index contributed by atoms with van der Waals surface area (Å²) in [6, 6.07) is 5.29. The summed E-state index contributed by atoms with van der Waals surface area (Å²) in [5.41, 5.74) is 8.02. The molecule has 2 rings (SSSR count). The van der Waals surface area contributed by atoms with Crippen molar-refractivity contribution >= 4 is 17.5 Å². The van der Waals surface area contributed by atoms with Gasteiger partial charge in [0.2, 0.25) is 5.88 Å². The Kier molecular flexibility index (Phi) is 2.75. The first-order valence-electron chi connectivity index (χ1n) is 4.68. The van der Waals surface area contributed by atoms with Crippen molar-refractivity contribution in [2.75, 3.05) is 12.8 Å². The van der Waals surface area contributed by atoms with E-state index < -0.39 is 0 Å². The fourth-order valence-corrected chi connectivity index (χ4v) is 1.74. The van der Waals surface area contributed by atoms with Gasteiger partial charge in [0.05, 0.1) is 12.1 Å². The van der Waals surface area contributed by atoms with Crippen molar-refractivity contribution in [3.63, 3.8) is 0 Å². The van der Waals surface area contributed by atoms with Crippen LogP contribution in [-0.2, 0) is 0 Å². The van der Waals surface area contributed by atoms with E-state index in [1.807, 2.05) is 13.0 Å². The molecule has 0 saturated heterocycles. The monoisotopic (exact) mass is 238 g/mol. The quantitative estimate of drug-likeness (QED) is 0.874. The number of halogens is 1. The summed E-state index contributed by atoms with van der Waals surface area (Å²) in [5, 5.41) is 4.38. The highest BCUT2D eigenvalue weighted by Crippen LogP contribution is 2.33. The third kappa shape index (κ3) is 1.84. The van der Waals surface area contributed by atoms with E-state index in [0.717, 1.165) is 11.1 Å². The van der Waals surface area contributed by atoms with Gasteiger partial charge in [0.15, 0.2) is 0 Å². The second-order valence-electron chi connectivity index (χ2n) is 3.42. The molecular formula is C11H11ClN2O2. The van der Waals surface area contributed by atoms with Crippen LogP contribution in [0.1, 0.15) is 5.56 Å². The summed E-state index contributed by atoms with van der Waals surface area (Å²) in [6.07, 6.45) is 0. The van der Waals surface area contributed by atoms with E-state index >= 15 is 0 Å². The number of aryl methyl sites for hydroxylation is 1. The number of ether oxygens (including phenoxy) is 1. The lowest BCUT2D eigenvalue weighted by molar-refractivity contribution is 0.414. The maximum atomic E-state index is 6.04. The van der Waals surface area contributed by atoms with Crippen LogP contribution in [0.5, 0.6) is 5.75 Å². The van der Waals surface area contributed by atoms with E-state index in [0.29, 0.717) is 16.5 Å². The number of nitrogens with two attached hydrogens (primary N) is 1. The van der Waals surface area contributed by atoms with Gasteiger partial charge >= 0.3 is 0 Å². The van der Waals surface area contributed by atoms with E-state index in [4.69, 9.17) is 26.6 Å². The Morgan fingerprint density at radius 3 is 2.69 bits per heavy atom. The first kappa shape index (κ1) is 10.8. The first-order valence-corrected chi connectivity index (χ1v) is 5.06. The Bertz CT molecular complexity index is 523. The number of aromatic nitrogens is 1. The fraction of sp³-hybridized carbons (Fsp3) is 0.182. The molecule has 4 nitrogen and oxygen atoms in total. The lowest BCUT2D eigenvalue weighted by Gasteiger charge is -2.07. The Hall–Kier alpha value is -1.68. The van der Waals surface area contributed by atoms with E-state index in [9.17, 15) is 0 Å². The number of nitrogens with zero attached hydrogens (tertiary/aromatic N) is 1. The molecule has 16 heavy (non-hydrogen) atoms. The topological polar surface area (TPSA) is 61.3 Å². The zero-order chi connectivity index (χ0) is 11.7. The molecule has 84 valence electrons. The summed E-state index contributed by atoms with van der Waals surface area (Å²) in [7, 11) is 1.58. The second-order valence-corrected chi connectivity index (χ2v) is 3.82. The van der Waals surface area contributed by atoms with Gasteiger partial charge in [-0.1, -0.05) is 16.8 Å². The minimum atomic E-state index is 0.279. The number of nitrogen functional groups attached to an aromatic ring is 1. The maximum Gasteiger partial charge on any atom is 0.222 e. The number of methoxy groups -OCH3 is 1. The highest BCUT2D eigenvalue weighted by atomic mass is 35.5. The highest BCUT2D eigenvalue weighted by Gasteiger charge is 2.11. The van der Waals surface area contributed by atoms with E-state index in [1.165, 1.54) is 0 Å². The van der Waals surface area contributed by atoms with Crippen LogP contribution in [0.15, 0.2) is 22.7 Å². The summed E-state index contributed by atoms with van der Waals surface area (Å²) in [6.45, 7) is 1.94. The van der Waals surface area contributed by atoms with Crippen LogP contribution in [0.4, 0.5) is 5.88 Å². The van der Waals surface area contributed by atoms with Crippen LogP contribution >= 0.6 is 11.6 Å². The third-order valence-electron chi connectivity index (χ3n) is 2.30. The normalized spacial score (nSPS) is 10.4. The number of anilines is 1. The van der Waals surface area contributed by atoms with Crippen LogP contribution in [0.2, 0.25) is 5.02 Å². The zero-order valence-electron chi connectivity index (χ0n) is 8.95. The van der Waals surface area contributed by atoms with Crippen molar-refractivity contribution in [1.82, 2.24) is 5.16 Å². The Morgan fingerprint density at radius 1 is 1.38 bits per heavy atom. The third-order valence-corrected chi connectivity index (χ3v) is 2.60. The standard InChI is InChI=1S/C11H11ClN2O2/c1-6-3-10(15-2)8(12)4-7(6)9-5-11(13)16-14-9/h3-5H,13H2,1-2H3. The van der Waals surface area contributed by atoms with Crippen molar-refractivity contribution in [3.8, 4) is 17.0 Å². The molecule has 0 fully saturated rings. The summed E-state index contributed by atoms with van der Waals surface area (Å²) < 4.78 is 9.95. The molecule has 2 aromatic rings. The van der Waals surface area contributed by atoms with Crippen molar-refractivity contribution in [2.45, 2.75) is 6.92 Å². The van der Waals surface area contributed by atoms with E-state index in [-0.39, 0.29) is 5.88 Å². The Morgan fingerprint density at radius 2 is 2.12 bits per heavy atom. The molecule has 0 bridgehead atoms. The van der Waals surface area contributed by atoms with Gasteiger partial charge in [-0.3, -0.25) is 0 Å². The molecule has 0 atom stereocenters. The van der Waals surface area contributed by atoms with E-state index in [2.05, 4.69) is 5.16 Å². The van der Waals surface area contributed by atoms with Crippen molar-refractivity contribution in [1.29, 1.82) is 0 Å². The SMILES string of the molecule is COc1cc(C)c(-c2cc(N)on2)cc1Cl. The Balaban J connectivity index is 2.54. The average molecular weight is 239 g/mol. The van der Waals surface area contributed by atoms with Gasteiger partial charge in [-0.25, -0.2) is 0 Å². The summed E-state index contributed by atoms with van der Waals surface area (Å²) >= 11 is 6.04. The molecule has 0 saturated carbocycles. The van der Waals surface area contributed by atoms with Crippen molar-refractivity contribution in [3.05, 3.63) is 28.8 Å². The highest BCUT2D eigenvalue weighted by molar-refractivity contribution is 6.32. The molecule has 1 aromatic heterocycles. The van der Waals surface area contributed by atoms with Gasteiger partial charge in [-0.15, -0.1) is 0 Å². The largest absolute Gasteiger partial charge is 0.495 e. The number of benzene rings is 1. The molecule has 0 amide bonds. The molecule has 0 unspecified atom stereocenters. The molecule has 5 heteroatoms. The Labute approximate surface area is 97.9 Å². The fourth-order valence-electron chi connectivity index (χ4n) is 1.50. The van der Waals surface area contributed by atoms with Gasteiger partial charge < -0.3 is 15.0 Å². The molecule has 0 radical (unpaired) electrons. The van der Waals surface area contributed by atoms with Crippen LogP contribution in [0, 0.1) is 6.92 Å². The molecule has 0 aliphatic heterocycles. The predicted molar refractivity (Wildman–Crippen MR) is 62.7 cm³/mol. The zero-order valence-corrected chi connectivity index (χ0v) is 9.71. The molecule has 0 aliphatic carbocycles. The molecule has 1 aromatic carbocycles.